The first kappa shape index (κ1) is 14.3. The van der Waals surface area contributed by atoms with E-state index in [9.17, 15) is 0 Å². The second kappa shape index (κ2) is 6.01. The van der Waals surface area contributed by atoms with Gasteiger partial charge in [0, 0.05) is 11.9 Å². The predicted molar refractivity (Wildman–Crippen MR) is 93.5 cm³/mol. The van der Waals surface area contributed by atoms with Crippen molar-refractivity contribution < 1.29 is 4.42 Å². The van der Waals surface area contributed by atoms with Gasteiger partial charge in [0.05, 0.1) is 9.26 Å². The number of para-hydroxylation sites is 1. The zero-order valence-corrected chi connectivity index (χ0v) is 14.1. The number of nitrogens with zero attached hydrogens (tertiary/aromatic N) is 2. The minimum Gasteiger partial charge on any atom is -0.453 e. The lowest BCUT2D eigenvalue weighted by Crippen LogP contribution is -2.07. The summed E-state index contributed by atoms with van der Waals surface area (Å²) >= 11 is 2.28. The molecule has 2 aromatic heterocycles. The Kier molecular flexibility index (Phi) is 4.10. The molecule has 0 aliphatic rings. The molecule has 21 heavy (non-hydrogen) atoms. The second-order valence-corrected chi connectivity index (χ2v) is 5.95. The molecule has 3 aromatic rings. The zero-order chi connectivity index (χ0) is 14.8. The van der Waals surface area contributed by atoms with Crippen molar-refractivity contribution in [2.45, 2.75) is 20.3 Å². The number of nitrogens with one attached hydrogen (secondary N) is 1. The van der Waals surface area contributed by atoms with E-state index < -0.39 is 0 Å². The number of fused-ring (bicyclic) bond motifs is 1. The first-order chi connectivity index (χ1) is 10.2. The molecular weight excluding hydrogens is 377 g/mol. The Balaban J connectivity index is 2.06. The third-order valence-corrected chi connectivity index (χ3v) is 4.50. The van der Waals surface area contributed by atoms with Gasteiger partial charge in [-0.1, -0.05) is 25.1 Å². The van der Waals surface area contributed by atoms with Crippen LogP contribution in [0.15, 0.2) is 34.7 Å². The third-order valence-electron chi connectivity index (χ3n) is 3.21. The fourth-order valence-corrected chi connectivity index (χ4v) is 2.55. The lowest BCUT2D eigenvalue weighted by atomic mass is 10.2. The lowest BCUT2D eigenvalue weighted by molar-refractivity contribution is 0.624. The number of furan rings is 1. The fraction of sp³-hybridized carbons (Fsp3) is 0.250. The highest BCUT2D eigenvalue weighted by atomic mass is 127. The van der Waals surface area contributed by atoms with Crippen LogP contribution in [0.1, 0.15) is 19.0 Å². The van der Waals surface area contributed by atoms with Gasteiger partial charge in [0.1, 0.15) is 11.4 Å². The molecule has 4 nitrogen and oxygen atoms in total. The second-order valence-electron chi connectivity index (χ2n) is 4.87. The van der Waals surface area contributed by atoms with Crippen molar-refractivity contribution in [2.75, 3.05) is 11.9 Å². The molecule has 0 unspecified atom stereocenters. The maximum Gasteiger partial charge on any atom is 0.197 e. The molecule has 3 rings (SSSR count). The molecule has 1 aromatic carbocycles. The molecular formula is C16H16IN3O. The molecule has 0 atom stereocenters. The molecule has 0 saturated heterocycles. The summed E-state index contributed by atoms with van der Waals surface area (Å²) in [6.45, 7) is 5.02. The summed E-state index contributed by atoms with van der Waals surface area (Å²) in [6, 6.07) is 9.92. The predicted octanol–water partition coefficient (Wildman–Crippen LogP) is 4.62. The number of anilines is 1. The molecule has 0 aliphatic carbocycles. The van der Waals surface area contributed by atoms with Crippen molar-refractivity contribution in [1.29, 1.82) is 0 Å². The Hall–Kier alpha value is -1.63. The molecule has 0 fully saturated rings. The first-order valence-corrected chi connectivity index (χ1v) is 8.04. The minimum atomic E-state index is 0.628. The Bertz CT molecular complexity index is 749. The number of rotatable bonds is 4. The van der Waals surface area contributed by atoms with E-state index in [4.69, 9.17) is 4.42 Å². The van der Waals surface area contributed by atoms with Gasteiger partial charge in [-0.2, -0.15) is 0 Å². The minimum absolute atomic E-state index is 0.628. The van der Waals surface area contributed by atoms with Crippen molar-refractivity contribution >= 4 is 39.4 Å². The lowest BCUT2D eigenvalue weighted by Gasteiger charge is -2.09. The number of aromatic nitrogens is 2. The molecule has 1 N–H and O–H groups in total. The van der Waals surface area contributed by atoms with Gasteiger partial charge >= 0.3 is 0 Å². The van der Waals surface area contributed by atoms with E-state index >= 15 is 0 Å². The van der Waals surface area contributed by atoms with Gasteiger partial charge in [0.25, 0.3) is 0 Å². The number of aryl methyl sites for hydroxylation is 1. The summed E-state index contributed by atoms with van der Waals surface area (Å²) in [5.74, 6) is 2.21. The number of hydrogen-bond acceptors (Lipinski definition) is 4. The largest absolute Gasteiger partial charge is 0.453 e. The summed E-state index contributed by atoms with van der Waals surface area (Å²) in [4.78, 5) is 9.17. The molecule has 0 radical (unpaired) electrons. The summed E-state index contributed by atoms with van der Waals surface area (Å²) in [7, 11) is 0. The smallest absolute Gasteiger partial charge is 0.197 e. The molecule has 0 amide bonds. The average molecular weight is 393 g/mol. The molecule has 0 aliphatic heterocycles. The van der Waals surface area contributed by atoms with Gasteiger partial charge in [-0.05, 0) is 48.1 Å². The highest BCUT2D eigenvalue weighted by Gasteiger charge is 2.13. The van der Waals surface area contributed by atoms with Crippen molar-refractivity contribution in [3.63, 3.8) is 0 Å². The third kappa shape index (κ3) is 2.88. The van der Waals surface area contributed by atoms with Crippen LogP contribution < -0.4 is 5.32 Å². The Morgan fingerprint density at radius 2 is 2.05 bits per heavy atom. The summed E-state index contributed by atoms with van der Waals surface area (Å²) in [6.07, 6.45) is 1.05. The Morgan fingerprint density at radius 1 is 1.24 bits per heavy atom. The zero-order valence-electron chi connectivity index (χ0n) is 12.0. The van der Waals surface area contributed by atoms with Crippen LogP contribution >= 0.6 is 22.6 Å². The Labute approximate surface area is 137 Å². The van der Waals surface area contributed by atoms with Gasteiger partial charge < -0.3 is 9.73 Å². The Morgan fingerprint density at radius 3 is 2.81 bits per heavy atom. The monoisotopic (exact) mass is 393 g/mol. The molecule has 0 bridgehead atoms. The van der Waals surface area contributed by atoms with Gasteiger partial charge in [-0.3, -0.25) is 0 Å². The SMILES string of the molecule is CCCNc1nc(-c2cc3ccccc3o2)nc(C)c1I. The average Bonchev–Trinajstić information content (AvgIpc) is 2.92. The van der Waals surface area contributed by atoms with Crippen LogP contribution in [0.25, 0.3) is 22.6 Å². The van der Waals surface area contributed by atoms with Crippen molar-refractivity contribution in [1.82, 2.24) is 9.97 Å². The summed E-state index contributed by atoms with van der Waals surface area (Å²) in [5, 5.41) is 4.41. The van der Waals surface area contributed by atoms with E-state index in [1.807, 2.05) is 37.3 Å². The molecule has 0 saturated carbocycles. The highest BCUT2D eigenvalue weighted by Crippen LogP contribution is 2.28. The van der Waals surface area contributed by atoms with Crippen LogP contribution in [0, 0.1) is 10.5 Å². The number of halogens is 1. The normalized spacial score (nSPS) is 11.0. The summed E-state index contributed by atoms with van der Waals surface area (Å²) in [5.41, 5.74) is 1.81. The van der Waals surface area contributed by atoms with Crippen molar-refractivity contribution in [3.05, 3.63) is 39.6 Å². The molecule has 0 spiro atoms. The van der Waals surface area contributed by atoms with Gasteiger partial charge in [0.15, 0.2) is 11.6 Å². The number of benzene rings is 1. The summed E-state index contributed by atoms with van der Waals surface area (Å²) < 4.78 is 6.91. The van der Waals surface area contributed by atoms with E-state index in [2.05, 4.69) is 44.8 Å². The van der Waals surface area contributed by atoms with Crippen LogP contribution in [0.3, 0.4) is 0 Å². The molecule has 5 heteroatoms. The van der Waals surface area contributed by atoms with E-state index in [0.29, 0.717) is 11.6 Å². The van der Waals surface area contributed by atoms with E-state index in [1.54, 1.807) is 0 Å². The molecule has 108 valence electrons. The van der Waals surface area contributed by atoms with Crippen LogP contribution in [-0.4, -0.2) is 16.5 Å². The van der Waals surface area contributed by atoms with Gasteiger partial charge in [0.2, 0.25) is 0 Å². The standard InChI is InChI=1S/C16H16IN3O/c1-3-8-18-16-14(17)10(2)19-15(20-16)13-9-11-6-4-5-7-12(11)21-13/h4-7,9H,3,8H2,1-2H3,(H,18,19,20). The topological polar surface area (TPSA) is 51.0 Å². The van der Waals surface area contributed by atoms with E-state index in [1.165, 1.54) is 0 Å². The van der Waals surface area contributed by atoms with Crippen molar-refractivity contribution in [3.8, 4) is 11.6 Å². The first-order valence-electron chi connectivity index (χ1n) is 6.96. The number of hydrogen-bond donors (Lipinski definition) is 1. The van der Waals surface area contributed by atoms with E-state index in [0.717, 1.165) is 39.0 Å². The van der Waals surface area contributed by atoms with Crippen LogP contribution in [-0.2, 0) is 0 Å². The highest BCUT2D eigenvalue weighted by molar-refractivity contribution is 14.1. The van der Waals surface area contributed by atoms with E-state index in [-0.39, 0.29) is 0 Å². The fourth-order valence-electron chi connectivity index (χ4n) is 2.12. The van der Waals surface area contributed by atoms with Crippen molar-refractivity contribution in [2.24, 2.45) is 0 Å². The maximum absolute atomic E-state index is 5.85. The van der Waals surface area contributed by atoms with Gasteiger partial charge in [-0.15, -0.1) is 0 Å². The maximum atomic E-state index is 5.85. The van der Waals surface area contributed by atoms with Crippen LogP contribution in [0.2, 0.25) is 0 Å². The van der Waals surface area contributed by atoms with Crippen LogP contribution in [0.5, 0.6) is 0 Å². The quantitative estimate of drug-likeness (QED) is 0.657. The van der Waals surface area contributed by atoms with Crippen LogP contribution in [0.4, 0.5) is 5.82 Å². The molecule has 2 heterocycles. The van der Waals surface area contributed by atoms with Gasteiger partial charge in [-0.25, -0.2) is 9.97 Å².